The second kappa shape index (κ2) is 10.8. The molecule has 0 aliphatic rings. The number of nitriles is 1. The number of carbonyl (C=O) groups is 2. The maximum absolute atomic E-state index is 13.5. The van der Waals surface area contributed by atoms with Gasteiger partial charge in [0.1, 0.15) is 23.4 Å². The average molecular weight is 527 g/mol. The van der Waals surface area contributed by atoms with Gasteiger partial charge in [-0.25, -0.2) is 9.18 Å². The molecule has 0 aromatic heterocycles. The minimum absolute atomic E-state index is 0.00149. The zero-order valence-corrected chi connectivity index (χ0v) is 19.8. The number of nitrogens with zero attached hydrogens (tertiary/aromatic N) is 1. The van der Waals surface area contributed by atoms with Crippen molar-refractivity contribution < 1.29 is 28.6 Å². The van der Waals surface area contributed by atoms with Crippen LogP contribution in [0.3, 0.4) is 0 Å². The molecule has 0 saturated carbocycles. The molecule has 0 radical (unpaired) electrons. The van der Waals surface area contributed by atoms with Crippen LogP contribution in [-0.4, -0.2) is 37.2 Å². The van der Waals surface area contributed by atoms with Crippen molar-refractivity contribution in [1.29, 1.82) is 5.26 Å². The molecular weight excluding hydrogens is 507 g/mol. The summed E-state index contributed by atoms with van der Waals surface area (Å²) in [5, 5.41) is 21.3. The number of carboxylic acid groups (broad SMARTS) is 1. The van der Waals surface area contributed by atoms with Crippen molar-refractivity contribution >= 4 is 27.8 Å². The normalized spacial score (nSPS) is 11.3. The Morgan fingerprint density at radius 1 is 1.09 bits per heavy atom. The van der Waals surface area contributed by atoms with E-state index in [1.165, 1.54) is 26.4 Å². The van der Waals surface area contributed by atoms with E-state index in [2.05, 4.69) is 27.3 Å². The molecule has 1 atom stereocenters. The lowest BCUT2D eigenvalue weighted by Crippen LogP contribution is -2.42. The first-order chi connectivity index (χ1) is 16.3. The summed E-state index contributed by atoms with van der Waals surface area (Å²) in [6.45, 7) is 0. The van der Waals surface area contributed by atoms with Crippen LogP contribution in [0.15, 0.2) is 59.1 Å². The smallest absolute Gasteiger partial charge is 0.326 e. The summed E-state index contributed by atoms with van der Waals surface area (Å²) in [7, 11) is 2.98. The van der Waals surface area contributed by atoms with Crippen LogP contribution >= 0.6 is 15.9 Å². The Morgan fingerprint density at radius 2 is 1.71 bits per heavy atom. The van der Waals surface area contributed by atoms with Gasteiger partial charge in [-0.2, -0.15) is 5.26 Å². The van der Waals surface area contributed by atoms with Crippen molar-refractivity contribution in [2.45, 2.75) is 12.5 Å². The molecule has 0 aliphatic heterocycles. The van der Waals surface area contributed by atoms with Gasteiger partial charge in [-0.05, 0) is 57.4 Å². The van der Waals surface area contributed by atoms with Crippen LogP contribution in [0, 0.1) is 17.1 Å². The van der Waals surface area contributed by atoms with Crippen molar-refractivity contribution in [3.8, 4) is 28.7 Å². The molecule has 34 heavy (non-hydrogen) atoms. The van der Waals surface area contributed by atoms with Gasteiger partial charge in [0, 0.05) is 10.9 Å². The lowest BCUT2D eigenvalue weighted by atomic mass is 9.98. The van der Waals surface area contributed by atoms with Crippen molar-refractivity contribution in [2.24, 2.45) is 0 Å². The highest BCUT2D eigenvalue weighted by Gasteiger charge is 2.23. The Balaban J connectivity index is 1.84. The second-order valence-electron chi connectivity index (χ2n) is 7.26. The van der Waals surface area contributed by atoms with Gasteiger partial charge in [0.15, 0.2) is 0 Å². The quantitative estimate of drug-likeness (QED) is 0.445. The number of methoxy groups -OCH3 is 2. The molecule has 0 heterocycles. The fraction of sp³-hybridized carbons (Fsp3) is 0.160. The summed E-state index contributed by atoms with van der Waals surface area (Å²) in [4.78, 5) is 24.3. The van der Waals surface area contributed by atoms with Crippen LogP contribution in [0.2, 0.25) is 0 Å². The summed E-state index contributed by atoms with van der Waals surface area (Å²) < 4.78 is 24.7. The van der Waals surface area contributed by atoms with Crippen LogP contribution in [0.5, 0.6) is 11.5 Å². The Morgan fingerprint density at radius 3 is 2.24 bits per heavy atom. The fourth-order valence-electron chi connectivity index (χ4n) is 3.41. The van der Waals surface area contributed by atoms with E-state index < -0.39 is 23.7 Å². The monoisotopic (exact) mass is 526 g/mol. The molecule has 3 aromatic carbocycles. The molecule has 2 N–H and O–H groups in total. The van der Waals surface area contributed by atoms with E-state index in [-0.39, 0.29) is 12.0 Å². The van der Waals surface area contributed by atoms with Crippen molar-refractivity contribution in [3.05, 3.63) is 81.6 Å². The minimum Gasteiger partial charge on any atom is -0.496 e. The largest absolute Gasteiger partial charge is 0.496 e. The number of rotatable bonds is 8. The topological polar surface area (TPSA) is 109 Å². The number of nitrogens with one attached hydrogen (secondary N) is 1. The molecule has 0 aliphatic carbocycles. The van der Waals surface area contributed by atoms with Gasteiger partial charge < -0.3 is 19.9 Å². The zero-order chi connectivity index (χ0) is 24.8. The van der Waals surface area contributed by atoms with Gasteiger partial charge in [0.25, 0.3) is 5.91 Å². The molecule has 0 saturated heterocycles. The molecule has 3 rings (SSSR count). The molecule has 0 bridgehead atoms. The van der Waals surface area contributed by atoms with Gasteiger partial charge in [0.2, 0.25) is 0 Å². The van der Waals surface area contributed by atoms with Gasteiger partial charge in [-0.3, -0.25) is 4.79 Å². The van der Waals surface area contributed by atoms with Crippen LogP contribution in [0.1, 0.15) is 21.5 Å². The molecule has 1 unspecified atom stereocenters. The number of benzene rings is 3. The number of carbonyl (C=O) groups excluding carboxylic acids is 1. The maximum Gasteiger partial charge on any atom is 0.326 e. The fourth-order valence-corrected chi connectivity index (χ4v) is 3.84. The number of halogens is 2. The number of hydrogen-bond donors (Lipinski definition) is 2. The Hall–Kier alpha value is -3.90. The number of carboxylic acids is 1. The highest BCUT2D eigenvalue weighted by molar-refractivity contribution is 9.10. The SMILES string of the molecule is COc1cc(C#N)cc(OC)c1-c1ccc(CC(NC(=O)c2cc(F)ccc2Br)C(=O)O)cc1. The molecule has 3 aromatic rings. The summed E-state index contributed by atoms with van der Waals surface area (Å²) in [6.07, 6.45) is 0.00985. The third-order valence-electron chi connectivity index (χ3n) is 5.09. The van der Waals surface area contributed by atoms with E-state index >= 15 is 0 Å². The van der Waals surface area contributed by atoms with Gasteiger partial charge in [-0.15, -0.1) is 0 Å². The first kappa shape index (κ1) is 24.7. The van der Waals surface area contributed by atoms with E-state index in [0.29, 0.717) is 32.7 Å². The molecule has 0 spiro atoms. The first-order valence-electron chi connectivity index (χ1n) is 10.0. The van der Waals surface area contributed by atoms with Crippen LogP contribution in [0.25, 0.3) is 11.1 Å². The number of aliphatic carboxylic acids is 1. The first-order valence-corrected chi connectivity index (χ1v) is 10.8. The highest BCUT2D eigenvalue weighted by atomic mass is 79.9. The molecular formula is C25H20BrFN2O5. The van der Waals surface area contributed by atoms with E-state index in [4.69, 9.17) is 9.47 Å². The van der Waals surface area contributed by atoms with Crippen LogP contribution in [0.4, 0.5) is 4.39 Å². The minimum atomic E-state index is -1.23. The van der Waals surface area contributed by atoms with E-state index in [1.54, 1.807) is 36.4 Å². The van der Waals surface area contributed by atoms with Gasteiger partial charge >= 0.3 is 5.97 Å². The molecule has 174 valence electrons. The molecule has 0 fully saturated rings. The highest BCUT2D eigenvalue weighted by Crippen LogP contribution is 2.39. The van der Waals surface area contributed by atoms with Crippen molar-refractivity contribution in [1.82, 2.24) is 5.32 Å². The standard InChI is InChI=1S/C25H20BrFN2O5/c1-33-21-10-15(13-28)11-22(34-2)23(21)16-5-3-14(4-6-16)9-20(25(31)32)29-24(30)18-12-17(27)7-8-19(18)26/h3-8,10-12,20H,9H2,1-2H3,(H,29,30)(H,31,32). The molecule has 7 nitrogen and oxygen atoms in total. The zero-order valence-electron chi connectivity index (χ0n) is 18.3. The van der Waals surface area contributed by atoms with Crippen LogP contribution in [-0.2, 0) is 11.2 Å². The predicted molar refractivity (Wildman–Crippen MR) is 126 cm³/mol. The Kier molecular flexibility index (Phi) is 7.87. The Bertz CT molecular complexity index is 1250. The summed E-state index contributed by atoms with van der Waals surface area (Å²) in [5.41, 5.74) is 2.43. The lowest BCUT2D eigenvalue weighted by Gasteiger charge is -2.17. The van der Waals surface area contributed by atoms with E-state index in [9.17, 15) is 24.3 Å². The average Bonchev–Trinajstić information content (AvgIpc) is 2.84. The van der Waals surface area contributed by atoms with E-state index in [0.717, 1.165) is 11.6 Å². The lowest BCUT2D eigenvalue weighted by molar-refractivity contribution is -0.139. The van der Waals surface area contributed by atoms with Gasteiger partial charge in [0.05, 0.1) is 37.0 Å². The van der Waals surface area contributed by atoms with E-state index in [1.807, 2.05) is 0 Å². The number of ether oxygens (including phenoxy) is 2. The molecule has 9 heteroatoms. The van der Waals surface area contributed by atoms with Gasteiger partial charge in [-0.1, -0.05) is 24.3 Å². The second-order valence-corrected chi connectivity index (χ2v) is 8.11. The van der Waals surface area contributed by atoms with Crippen molar-refractivity contribution in [2.75, 3.05) is 14.2 Å². The Labute approximate surface area is 203 Å². The predicted octanol–water partition coefficient (Wildman–Crippen LogP) is 4.57. The summed E-state index contributed by atoms with van der Waals surface area (Å²) in [6, 6.07) is 14.6. The van der Waals surface area contributed by atoms with Crippen molar-refractivity contribution in [3.63, 3.8) is 0 Å². The molecule has 1 amide bonds. The third kappa shape index (κ3) is 5.53. The third-order valence-corrected chi connectivity index (χ3v) is 5.79. The maximum atomic E-state index is 13.5. The van der Waals surface area contributed by atoms with Crippen LogP contribution < -0.4 is 14.8 Å². The number of amides is 1. The summed E-state index contributed by atoms with van der Waals surface area (Å²) >= 11 is 3.17. The number of hydrogen-bond acceptors (Lipinski definition) is 5. The summed E-state index contributed by atoms with van der Waals surface area (Å²) in [5.74, 6) is -1.62.